The van der Waals surface area contributed by atoms with Crippen LogP contribution in [-0.4, -0.2) is 48.3 Å². The van der Waals surface area contributed by atoms with Gasteiger partial charge in [-0.15, -0.1) is 0 Å². The molecule has 0 bridgehead atoms. The standard InChI is InChI=1S/C14H28N2O/c1-11(2)16-7-6-14(9-16)15-8-12-4-3-5-13(12)10-17/h11-15,17H,3-10H2,1-2H3. The molecule has 3 unspecified atom stereocenters. The molecule has 100 valence electrons. The van der Waals surface area contributed by atoms with Gasteiger partial charge in [-0.3, -0.25) is 4.90 Å². The number of nitrogens with zero attached hydrogens (tertiary/aromatic N) is 1. The zero-order valence-corrected chi connectivity index (χ0v) is 11.4. The number of aliphatic hydroxyl groups is 1. The average Bonchev–Trinajstić information content (AvgIpc) is 2.95. The van der Waals surface area contributed by atoms with Crippen molar-refractivity contribution >= 4 is 0 Å². The van der Waals surface area contributed by atoms with Gasteiger partial charge in [0.1, 0.15) is 0 Å². The second-order valence-electron chi connectivity index (χ2n) is 6.12. The lowest BCUT2D eigenvalue weighted by Gasteiger charge is -2.23. The predicted molar refractivity (Wildman–Crippen MR) is 71.0 cm³/mol. The molecule has 0 aromatic rings. The van der Waals surface area contributed by atoms with E-state index in [2.05, 4.69) is 24.1 Å². The van der Waals surface area contributed by atoms with Crippen molar-refractivity contribution in [1.29, 1.82) is 0 Å². The first-order chi connectivity index (χ1) is 8.20. The fourth-order valence-corrected chi connectivity index (χ4v) is 3.36. The van der Waals surface area contributed by atoms with Crippen LogP contribution in [0, 0.1) is 11.8 Å². The molecule has 0 amide bonds. The summed E-state index contributed by atoms with van der Waals surface area (Å²) in [5.41, 5.74) is 0. The Morgan fingerprint density at radius 3 is 2.65 bits per heavy atom. The van der Waals surface area contributed by atoms with Crippen LogP contribution in [0.25, 0.3) is 0 Å². The minimum Gasteiger partial charge on any atom is -0.396 e. The Labute approximate surface area is 106 Å². The van der Waals surface area contributed by atoms with Crippen LogP contribution < -0.4 is 5.32 Å². The zero-order valence-electron chi connectivity index (χ0n) is 11.4. The summed E-state index contributed by atoms with van der Waals surface area (Å²) < 4.78 is 0. The Morgan fingerprint density at radius 1 is 1.24 bits per heavy atom. The van der Waals surface area contributed by atoms with Gasteiger partial charge in [0.2, 0.25) is 0 Å². The van der Waals surface area contributed by atoms with E-state index in [9.17, 15) is 5.11 Å². The van der Waals surface area contributed by atoms with E-state index < -0.39 is 0 Å². The molecule has 0 aromatic heterocycles. The van der Waals surface area contributed by atoms with Crippen molar-refractivity contribution in [3.8, 4) is 0 Å². The van der Waals surface area contributed by atoms with Gasteiger partial charge < -0.3 is 10.4 Å². The molecule has 0 aromatic carbocycles. The topological polar surface area (TPSA) is 35.5 Å². The van der Waals surface area contributed by atoms with E-state index in [0.29, 0.717) is 30.5 Å². The molecule has 2 rings (SSSR count). The monoisotopic (exact) mass is 240 g/mol. The summed E-state index contributed by atoms with van der Waals surface area (Å²) in [6.45, 7) is 8.50. The van der Waals surface area contributed by atoms with Crippen LogP contribution >= 0.6 is 0 Å². The van der Waals surface area contributed by atoms with Gasteiger partial charge in [-0.25, -0.2) is 0 Å². The summed E-state index contributed by atoms with van der Waals surface area (Å²) in [7, 11) is 0. The first-order valence-corrected chi connectivity index (χ1v) is 7.29. The van der Waals surface area contributed by atoms with Gasteiger partial charge in [-0.2, -0.15) is 0 Å². The van der Waals surface area contributed by atoms with Crippen LogP contribution in [0.5, 0.6) is 0 Å². The maximum atomic E-state index is 9.31. The van der Waals surface area contributed by atoms with Crippen LogP contribution in [0.4, 0.5) is 0 Å². The first-order valence-electron chi connectivity index (χ1n) is 7.29. The highest BCUT2D eigenvalue weighted by molar-refractivity contribution is 4.85. The maximum Gasteiger partial charge on any atom is 0.0462 e. The molecule has 1 saturated carbocycles. The highest BCUT2D eigenvalue weighted by Crippen LogP contribution is 2.30. The molecule has 3 heteroatoms. The zero-order chi connectivity index (χ0) is 12.3. The normalized spacial score (nSPS) is 34.9. The van der Waals surface area contributed by atoms with Crippen LogP contribution in [0.2, 0.25) is 0 Å². The average molecular weight is 240 g/mol. The summed E-state index contributed by atoms with van der Waals surface area (Å²) in [5.74, 6) is 1.28. The van der Waals surface area contributed by atoms with E-state index in [0.717, 1.165) is 6.54 Å². The summed E-state index contributed by atoms with van der Waals surface area (Å²) >= 11 is 0. The molecule has 2 N–H and O–H groups in total. The van der Waals surface area contributed by atoms with E-state index in [1.165, 1.54) is 38.8 Å². The number of likely N-dealkylation sites (tertiary alicyclic amines) is 1. The Morgan fingerprint density at radius 2 is 2.00 bits per heavy atom. The van der Waals surface area contributed by atoms with Gasteiger partial charge in [0, 0.05) is 25.2 Å². The fraction of sp³-hybridized carbons (Fsp3) is 1.00. The lowest BCUT2D eigenvalue weighted by molar-refractivity contribution is 0.189. The summed E-state index contributed by atoms with van der Waals surface area (Å²) in [6.07, 6.45) is 5.12. The van der Waals surface area contributed by atoms with Gasteiger partial charge >= 0.3 is 0 Å². The van der Waals surface area contributed by atoms with E-state index in [4.69, 9.17) is 0 Å². The summed E-state index contributed by atoms with van der Waals surface area (Å²) in [6, 6.07) is 1.36. The van der Waals surface area contributed by atoms with E-state index in [1.807, 2.05) is 0 Å². The van der Waals surface area contributed by atoms with E-state index in [-0.39, 0.29) is 0 Å². The predicted octanol–water partition coefficient (Wildman–Crippen LogP) is 1.47. The minimum atomic E-state index is 0.384. The Hall–Kier alpha value is -0.120. The fourth-order valence-electron chi connectivity index (χ4n) is 3.36. The van der Waals surface area contributed by atoms with Crippen LogP contribution in [-0.2, 0) is 0 Å². The maximum absolute atomic E-state index is 9.31. The van der Waals surface area contributed by atoms with Crippen molar-refractivity contribution < 1.29 is 5.11 Å². The Balaban J connectivity index is 1.69. The third-order valence-electron chi connectivity index (χ3n) is 4.67. The quantitative estimate of drug-likeness (QED) is 0.764. The smallest absolute Gasteiger partial charge is 0.0462 e. The van der Waals surface area contributed by atoms with Crippen molar-refractivity contribution in [3.05, 3.63) is 0 Å². The molecule has 1 aliphatic heterocycles. The van der Waals surface area contributed by atoms with Crippen molar-refractivity contribution in [2.24, 2.45) is 11.8 Å². The van der Waals surface area contributed by atoms with Crippen LogP contribution in [0.3, 0.4) is 0 Å². The number of hydrogen-bond acceptors (Lipinski definition) is 3. The van der Waals surface area contributed by atoms with Crippen molar-refractivity contribution in [2.45, 2.75) is 51.6 Å². The van der Waals surface area contributed by atoms with E-state index >= 15 is 0 Å². The van der Waals surface area contributed by atoms with Gasteiger partial charge in [-0.1, -0.05) is 6.42 Å². The van der Waals surface area contributed by atoms with Crippen molar-refractivity contribution in [2.75, 3.05) is 26.2 Å². The first kappa shape index (κ1) is 13.3. The lowest BCUT2D eigenvalue weighted by atomic mass is 9.96. The number of rotatable bonds is 5. The molecule has 2 fully saturated rings. The van der Waals surface area contributed by atoms with Crippen LogP contribution in [0.15, 0.2) is 0 Å². The van der Waals surface area contributed by atoms with Gasteiger partial charge in [0.25, 0.3) is 0 Å². The molecule has 3 nitrogen and oxygen atoms in total. The van der Waals surface area contributed by atoms with Crippen molar-refractivity contribution in [3.63, 3.8) is 0 Å². The molecule has 17 heavy (non-hydrogen) atoms. The molecule has 2 aliphatic rings. The molecule has 1 heterocycles. The summed E-state index contributed by atoms with van der Waals surface area (Å²) in [5, 5.41) is 13.0. The largest absolute Gasteiger partial charge is 0.396 e. The molecular formula is C14H28N2O. The molecule has 0 spiro atoms. The van der Waals surface area contributed by atoms with Crippen molar-refractivity contribution in [1.82, 2.24) is 10.2 Å². The Kier molecular flexibility index (Phi) is 4.83. The molecule has 0 radical (unpaired) electrons. The third kappa shape index (κ3) is 3.43. The second-order valence-corrected chi connectivity index (χ2v) is 6.12. The molecule has 1 aliphatic carbocycles. The highest BCUT2D eigenvalue weighted by Gasteiger charge is 2.29. The number of nitrogens with one attached hydrogen (secondary N) is 1. The van der Waals surface area contributed by atoms with Crippen LogP contribution in [0.1, 0.15) is 39.5 Å². The van der Waals surface area contributed by atoms with Gasteiger partial charge in [0.05, 0.1) is 0 Å². The molecule has 1 saturated heterocycles. The lowest BCUT2D eigenvalue weighted by Crippen LogP contribution is -2.38. The number of hydrogen-bond donors (Lipinski definition) is 2. The third-order valence-corrected chi connectivity index (χ3v) is 4.67. The van der Waals surface area contributed by atoms with Gasteiger partial charge in [0.15, 0.2) is 0 Å². The SMILES string of the molecule is CC(C)N1CCC(NCC2CCCC2CO)C1. The molecule has 3 atom stereocenters. The Bertz CT molecular complexity index is 232. The number of aliphatic hydroxyl groups excluding tert-OH is 1. The van der Waals surface area contributed by atoms with Gasteiger partial charge in [-0.05, 0) is 58.0 Å². The second kappa shape index (κ2) is 6.17. The minimum absolute atomic E-state index is 0.384. The highest BCUT2D eigenvalue weighted by atomic mass is 16.3. The van der Waals surface area contributed by atoms with E-state index in [1.54, 1.807) is 0 Å². The summed E-state index contributed by atoms with van der Waals surface area (Å²) in [4.78, 5) is 2.55. The molecular weight excluding hydrogens is 212 g/mol.